The van der Waals surface area contributed by atoms with Crippen molar-refractivity contribution in [1.29, 1.82) is 0 Å². The Hall–Kier alpha value is -2.04. The highest BCUT2D eigenvalue weighted by molar-refractivity contribution is 8.25. The smallest absolute Gasteiger partial charge is 0.414 e. The number of benzene rings is 1. The van der Waals surface area contributed by atoms with Crippen LogP contribution in [0, 0.1) is 5.82 Å². The van der Waals surface area contributed by atoms with Crippen molar-refractivity contribution in [2.24, 2.45) is 4.99 Å². The van der Waals surface area contributed by atoms with Gasteiger partial charge in [-0.1, -0.05) is 0 Å². The fourth-order valence-electron chi connectivity index (χ4n) is 2.77. The molecule has 152 valence electrons. The Morgan fingerprint density at radius 2 is 2.11 bits per heavy atom. The van der Waals surface area contributed by atoms with Gasteiger partial charge in [0.15, 0.2) is 0 Å². The molecule has 1 unspecified atom stereocenters. The first-order valence-corrected chi connectivity index (χ1v) is 10.1. The molecule has 8 nitrogen and oxygen atoms in total. The van der Waals surface area contributed by atoms with Crippen molar-refractivity contribution >= 4 is 28.4 Å². The van der Waals surface area contributed by atoms with Crippen molar-refractivity contribution in [3.05, 3.63) is 29.6 Å². The van der Waals surface area contributed by atoms with Gasteiger partial charge in [-0.25, -0.2) is 18.9 Å². The Bertz CT molecular complexity index is 769. The second-order valence-corrected chi connectivity index (χ2v) is 10.2. The zero-order chi connectivity index (χ0) is 20.6. The minimum absolute atomic E-state index is 0.0756. The Morgan fingerprint density at radius 1 is 1.48 bits per heavy atom. The highest BCUT2D eigenvalue weighted by Crippen LogP contribution is 2.51. The lowest BCUT2D eigenvalue weighted by Crippen LogP contribution is -2.54. The van der Waals surface area contributed by atoms with Gasteiger partial charge in [-0.3, -0.25) is 9.62 Å². The average Bonchev–Trinajstić information content (AvgIpc) is 2.52. The summed E-state index contributed by atoms with van der Waals surface area (Å²) >= 11 is 0. The number of anilines is 1. The molecule has 0 saturated carbocycles. The van der Waals surface area contributed by atoms with Crippen LogP contribution in [-0.4, -0.2) is 46.4 Å². The molecule has 1 aromatic rings. The lowest BCUT2D eigenvalue weighted by atomic mass is 9.93. The number of rotatable bonds is 2. The lowest BCUT2D eigenvalue weighted by molar-refractivity contribution is 0.0559. The van der Waals surface area contributed by atoms with E-state index in [1.807, 2.05) is 0 Å². The number of ether oxygens (including phenoxy) is 1. The zero-order valence-corrected chi connectivity index (χ0v) is 17.3. The maximum atomic E-state index is 14.5. The number of nitrogen functional groups attached to an aromatic ring is 1. The summed E-state index contributed by atoms with van der Waals surface area (Å²) in [4.78, 5) is 16.7. The van der Waals surface area contributed by atoms with E-state index in [1.165, 1.54) is 22.5 Å². The summed E-state index contributed by atoms with van der Waals surface area (Å²) in [5.41, 5.74) is 4.59. The summed E-state index contributed by atoms with van der Waals surface area (Å²) in [6.07, 6.45) is -0.719. The highest BCUT2D eigenvalue weighted by Gasteiger charge is 2.45. The monoisotopic (exact) mass is 401 g/mol. The van der Waals surface area contributed by atoms with Gasteiger partial charge in [0, 0.05) is 29.0 Å². The van der Waals surface area contributed by atoms with Gasteiger partial charge in [-0.15, -0.1) is 0 Å². The summed E-state index contributed by atoms with van der Waals surface area (Å²) in [5.74, 6) is -0.312. The van der Waals surface area contributed by atoms with Gasteiger partial charge in [-0.2, -0.15) is 0 Å². The topological polar surface area (TPSA) is 112 Å². The van der Waals surface area contributed by atoms with E-state index >= 15 is 0 Å². The molecule has 0 saturated heterocycles. The van der Waals surface area contributed by atoms with Crippen molar-refractivity contribution in [3.8, 4) is 0 Å². The number of nitrogens with zero attached hydrogens (tertiary/aromatic N) is 2. The lowest BCUT2D eigenvalue weighted by Gasteiger charge is -2.50. The van der Waals surface area contributed by atoms with Crippen LogP contribution in [0.5, 0.6) is 0 Å². The van der Waals surface area contributed by atoms with Crippen LogP contribution in [0.4, 0.5) is 14.9 Å². The summed E-state index contributed by atoms with van der Waals surface area (Å²) in [7, 11) is 0.584. The molecule has 1 amide bonds. The molecule has 0 radical (unpaired) electrons. The number of hydrogen-bond donors (Lipinski definition) is 4. The zero-order valence-electron chi connectivity index (χ0n) is 16.5. The number of nitrogens with one attached hydrogen (secondary N) is 2. The molecule has 27 heavy (non-hydrogen) atoms. The summed E-state index contributed by atoms with van der Waals surface area (Å²) in [5, 5.41) is 2.56. The predicted octanol–water partition coefficient (Wildman–Crippen LogP) is 2.78. The maximum absolute atomic E-state index is 14.5. The Balaban J connectivity index is 2.49. The molecule has 0 aliphatic carbocycles. The molecule has 0 aromatic heterocycles. The van der Waals surface area contributed by atoms with E-state index < -0.39 is 33.7 Å². The van der Waals surface area contributed by atoms with E-state index in [1.54, 1.807) is 41.8 Å². The van der Waals surface area contributed by atoms with E-state index in [0.717, 1.165) is 0 Å². The summed E-state index contributed by atoms with van der Waals surface area (Å²) in [6.45, 7) is 6.89. The standard InChI is InChI=1S/C17H28FN5O3S/c1-16(2,3)26-15(24)21-14-22-17(4,10-27(25,20-5)23(14)6)12-9-11(19)7-8-13(12)18/h7-9,20,25H,10,19H2,1-6H3,(H,21,22,24)/t17-/m0/s1. The number of alkyl carbamates (subject to hydrolysis) is 1. The number of amides is 1. The number of carbonyl (C=O) groups is 1. The molecule has 10 heteroatoms. The Labute approximate surface area is 160 Å². The van der Waals surface area contributed by atoms with Crippen LogP contribution in [-0.2, 0) is 10.3 Å². The van der Waals surface area contributed by atoms with Gasteiger partial charge in [0.05, 0.1) is 5.75 Å². The number of guanidine groups is 1. The van der Waals surface area contributed by atoms with Crippen LogP contribution in [0.1, 0.15) is 33.3 Å². The first-order chi connectivity index (χ1) is 12.3. The third kappa shape index (κ3) is 4.63. The van der Waals surface area contributed by atoms with Crippen molar-refractivity contribution in [2.45, 2.75) is 38.8 Å². The molecule has 1 aliphatic heterocycles. The molecule has 5 N–H and O–H groups in total. The van der Waals surface area contributed by atoms with E-state index in [4.69, 9.17) is 10.5 Å². The van der Waals surface area contributed by atoms with Crippen molar-refractivity contribution in [1.82, 2.24) is 14.3 Å². The van der Waals surface area contributed by atoms with Crippen LogP contribution in [0.3, 0.4) is 0 Å². The first kappa shape index (κ1) is 21.3. The van der Waals surface area contributed by atoms with Crippen molar-refractivity contribution < 1.29 is 18.5 Å². The Kier molecular flexibility index (Phi) is 5.65. The van der Waals surface area contributed by atoms with Crippen LogP contribution in [0.2, 0.25) is 0 Å². The van der Waals surface area contributed by atoms with Crippen LogP contribution < -0.4 is 15.8 Å². The van der Waals surface area contributed by atoms with E-state index in [2.05, 4.69) is 15.0 Å². The third-order valence-electron chi connectivity index (χ3n) is 4.10. The molecule has 1 heterocycles. The Morgan fingerprint density at radius 3 is 2.67 bits per heavy atom. The van der Waals surface area contributed by atoms with Crippen molar-refractivity contribution in [3.63, 3.8) is 0 Å². The van der Waals surface area contributed by atoms with E-state index in [9.17, 15) is 13.7 Å². The molecule has 2 rings (SSSR count). The highest BCUT2D eigenvalue weighted by atomic mass is 32.3. The normalized spacial score (nSPS) is 28.1. The van der Waals surface area contributed by atoms with E-state index in [0.29, 0.717) is 5.69 Å². The van der Waals surface area contributed by atoms with Crippen LogP contribution in [0.25, 0.3) is 0 Å². The summed E-state index contributed by atoms with van der Waals surface area (Å²) in [6, 6.07) is 4.21. The minimum atomic E-state index is -2.61. The molecule has 1 aromatic carbocycles. The van der Waals surface area contributed by atoms with Gasteiger partial charge in [-0.05, 0) is 52.9 Å². The number of nitrogens with two attached hydrogens (primary N) is 1. The molecular weight excluding hydrogens is 373 g/mol. The minimum Gasteiger partial charge on any atom is -0.444 e. The number of halogens is 1. The van der Waals surface area contributed by atoms with Crippen LogP contribution in [0.15, 0.2) is 23.2 Å². The molecule has 0 bridgehead atoms. The van der Waals surface area contributed by atoms with Gasteiger partial charge in [0.2, 0.25) is 5.96 Å². The van der Waals surface area contributed by atoms with E-state index in [-0.39, 0.29) is 17.3 Å². The second kappa shape index (κ2) is 7.17. The molecule has 1 aliphatic rings. The summed E-state index contributed by atoms with van der Waals surface area (Å²) < 4.78 is 35.2. The molecule has 0 spiro atoms. The SMILES string of the molecule is CNS1(O)C[C@@](C)(c2cc(N)ccc2F)N=C(NC(=O)OC(C)(C)C)N1C. The van der Waals surface area contributed by atoms with Crippen molar-refractivity contribution in [2.75, 3.05) is 25.6 Å². The van der Waals surface area contributed by atoms with Gasteiger partial charge in [0.1, 0.15) is 17.0 Å². The van der Waals surface area contributed by atoms with Gasteiger partial charge >= 0.3 is 6.09 Å². The van der Waals surface area contributed by atoms with Gasteiger partial charge < -0.3 is 15.0 Å². The fourth-order valence-corrected chi connectivity index (χ4v) is 4.76. The average molecular weight is 402 g/mol. The first-order valence-electron chi connectivity index (χ1n) is 8.41. The second-order valence-electron chi connectivity index (χ2n) is 7.59. The van der Waals surface area contributed by atoms with Crippen LogP contribution >= 0.6 is 10.7 Å². The third-order valence-corrected chi connectivity index (χ3v) is 6.79. The molecule has 0 fully saturated rings. The number of hydrogen-bond acceptors (Lipinski definition) is 7. The molecular formula is C17H28FN5O3S. The van der Waals surface area contributed by atoms with Gasteiger partial charge in [0.25, 0.3) is 0 Å². The molecule has 2 atom stereocenters. The predicted molar refractivity (Wildman–Crippen MR) is 107 cm³/mol. The number of carbonyl (C=O) groups excluding carboxylic acids is 1. The fraction of sp³-hybridized carbons (Fsp3) is 0.529. The quantitative estimate of drug-likeness (QED) is 0.567. The number of aliphatic imine (C=N–C) groups is 1. The largest absolute Gasteiger partial charge is 0.444 e. The maximum Gasteiger partial charge on any atom is 0.414 e.